The number of carbonyl (C=O) groups is 1. The predicted molar refractivity (Wildman–Crippen MR) is 78.3 cm³/mol. The van der Waals surface area contributed by atoms with Crippen LogP contribution < -0.4 is 0 Å². The number of aliphatic carboxylic acids is 1. The second kappa shape index (κ2) is 5.13. The van der Waals surface area contributed by atoms with E-state index < -0.39 is 27.4 Å². The maximum absolute atomic E-state index is 12.5. The highest BCUT2D eigenvalue weighted by Gasteiger charge is 2.41. The molecule has 1 atom stereocenters. The number of hydrogen-bond donors (Lipinski definition) is 1. The Morgan fingerprint density at radius 1 is 1.50 bits per heavy atom. The minimum absolute atomic E-state index is 0.0523. The number of hydrogen-bond acceptors (Lipinski definition) is 4. The molecule has 1 aliphatic rings. The van der Waals surface area contributed by atoms with Gasteiger partial charge >= 0.3 is 5.97 Å². The van der Waals surface area contributed by atoms with E-state index in [0.717, 1.165) is 9.18 Å². The molecule has 0 fully saturated rings. The monoisotopic (exact) mass is 317 g/mol. The number of thiophene rings is 1. The molecule has 112 valence electrons. The zero-order valence-electron chi connectivity index (χ0n) is 11.8. The van der Waals surface area contributed by atoms with Gasteiger partial charge in [-0.25, -0.2) is 8.42 Å². The second-order valence-corrected chi connectivity index (χ2v) is 9.14. The molecule has 2 heterocycles. The first-order valence-corrected chi connectivity index (χ1v) is 8.89. The van der Waals surface area contributed by atoms with Crippen molar-refractivity contribution in [3.8, 4) is 0 Å². The minimum Gasteiger partial charge on any atom is -0.480 e. The minimum atomic E-state index is -3.60. The Labute approximate surface area is 123 Å². The molecule has 0 saturated heterocycles. The Kier molecular flexibility index (Phi) is 3.96. The summed E-state index contributed by atoms with van der Waals surface area (Å²) in [4.78, 5) is 12.5. The zero-order chi connectivity index (χ0) is 15.1. The van der Waals surface area contributed by atoms with Gasteiger partial charge in [0.05, 0.1) is 5.75 Å². The van der Waals surface area contributed by atoms with Gasteiger partial charge in [-0.15, -0.1) is 11.3 Å². The van der Waals surface area contributed by atoms with Crippen molar-refractivity contribution >= 4 is 27.3 Å². The van der Waals surface area contributed by atoms with E-state index in [-0.39, 0.29) is 12.3 Å². The molecular weight excluding hydrogens is 298 g/mol. The first-order chi connectivity index (χ1) is 9.12. The molecule has 0 radical (unpaired) electrons. The topological polar surface area (TPSA) is 74.7 Å². The largest absolute Gasteiger partial charge is 0.480 e. The fourth-order valence-corrected chi connectivity index (χ4v) is 5.54. The smallest absolute Gasteiger partial charge is 0.326 e. The Morgan fingerprint density at radius 2 is 2.15 bits per heavy atom. The number of fused-ring (bicyclic) bond motifs is 1. The lowest BCUT2D eigenvalue weighted by Crippen LogP contribution is -2.45. The number of rotatable bonds is 3. The van der Waals surface area contributed by atoms with E-state index in [2.05, 4.69) is 0 Å². The maximum Gasteiger partial charge on any atom is 0.326 e. The molecule has 1 aromatic heterocycles. The third-order valence-corrected chi connectivity index (χ3v) is 6.46. The van der Waals surface area contributed by atoms with E-state index in [1.54, 1.807) is 6.07 Å². The molecule has 0 aromatic carbocycles. The molecule has 20 heavy (non-hydrogen) atoms. The maximum atomic E-state index is 12.5. The molecule has 2 rings (SSSR count). The molecule has 0 saturated carbocycles. The summed E-state index contributed by atoms with van der Waals surface area (Å²) in [5.74, 6) is -1.16. The SMILES string of the molecule is CC(C)(C)CS(=O)(=O)N1CCc2sccc2C1C(=O)O. The van der Waals surface area contributed by atoms with Crippen LogP contribution in [0.15, 0.2) is 11.4 Å². The summed E-state index contributed by atoms with van der Waals surface area (Å²) in [5.41, 5.74) is 0.211. The Morgan fingerprint density at radius 3 is 2.70 bits per heavy atom. The number of carboxylic acid groups (broad SMARTS) is 1. The molecule has 7 heteroatoms. The van der Waals surface area contributed by atoms with Gasteiger partial charge in [0.1, 0.15) is 6.04 Å². The Hall–Kier alpha value is -0.920. The fourth-order valence-electron chi connectivity index (χ4n) is 2.48. The lowest BCUT2D eigenvalue weighted by atomic mass is 10.0. The second-order valence-electron chi connectivity index (χ2n) is 6.22. The van der Waals surface area contributed by atoms with Crippen LogP contribution in [-0.2, 0) is 21.2 Å². The molecule has 0 amide bonds. The van der Waals surface area contributed by atoms with Crippen molar-refractivity contribution < 1.29 is 18.3 Å². The van der Waals surface area contributed by atoms with Crippen LogP contribution in [0.3, 0.4) is 0 Å². The summed E-state index contributed by atoms with van der Waals surface area (Å²) in [5, 5.41) is 11.3. The van der Waals surface area contributed by atoms with E-state index in [1.807, 2.05) is 26.2 Å². The zero-order valence-corrected chi connectivity index (χ0v) is 13.4. The van der Waals surface area contributed by atoms with Crippen LogP contribution in [0.4, 0.5) is 0 Å². The summed E-state index contributed by atoms with van der Waals surface area (Å²) in [7, 11) is -3.60. The van der Waals surface area contributed by atoms with Crippen LogP contribution in [0.5, 0.6) is 0 Å². The summed E-state index contributed by atoms with van der Waals surface area (Å²) in [6, 6.07) is 0.634. The lowest BCUT2D eigenvalue weighted by molar-refractivity contribution is -0.142. The van der Waals surface area contributed by atoms with Crippen LogP contribution in [0.25, 0.3) is 0 Å². The molecule has 0 bridgehead atoms. The van der Waals surface area contributed by atoms with Crippen LogP contribution in [0, 0.1) is 5.41 Å². The van der Waals surface area contributed by atoms with Gasteiger partial charge in [-0.3, -0.25) is 4.79 Å². The highest BCUT2D eigenvalue weighted by atomic mass is 32.2. The van der Waals surface area contributed by atoms with Crippen LogP contribution >= 0.6 is 11.3 Å². The average molecular weight is 317 g/mol. The van der Waals surface area contributed by atoms with Crippen molar-refractivity contribution in [2.45, 2.75) is 33.2 Å². The molecule has 1 N–H and O–H groups in total. The number of carboxylic acids is 1. The normalized spacial score (nSPS) is 20.6. The van der Waals surface area contributed by atoms with Crippen molar-refractivity contribution in [3.05, 3.63) is 21.9 Å². The number of sulfonamides is 1. The van der Waals surface area contributed by atoms with E-state index in [4.69, 9.17) is 0 Å². The van der Waals surface area contributed by atoms with Gasteiger partial charge in [0.2, 0.25) is 10.0 Å². The third kappa shape index (κ3) is 3.05. The quantitative estimate of drug-likeness (QED) is 0.926. The van der Waals surface area contributed by atoms with Gasteiger partial charge in [0.25, 0.3) is 0 Å². The summed E-state index contributed by atoms with van der Waals surface area (Å²) in [6.45, 7) is 5.74. The molecular formula is C13H19NO4S2. The molecule has 0 aliphatic carbocycles. The fraction of sp³-hybridized carbons (Fsp3) is 0.615. The molecule has 5 nitrogen and oxygen atoms in total. The third-order valence-electron chi connectivity index (χ3n) is 3.13. The first kappa shape index (κ1) is 15.5. The molecule has 1 aromatic rings. The highest BCUT2D eigenvalue weighted by molar-refractivity contribution is 7.89. The molecule has 1 aliphatic heterocycles. The Bertz CT molecular complexity index is 613. The van der Waals surface area contributed by atoms with Gasteiger partial charge in [0.15, 0.2) is 0 Å². The summed E-state index contributed by atoms with van der Waals surface area (Å²) >= 11 is 1.49. The van der Waals surface area contributed by atoms with Crippen molar-refractivity contribution in [1.82, 2.24) is 4.31 Å². The van der Waals surface area contributed by atoms with Crippen LogP contribution in [0.1, 0.15) is 37.3 Å². The van der Waals surface area contributed by atoms with Gasteiger partial charge in [0, 0.05) is 11.4 Å². The van der Waals surface area contributed by atoms with Crippen molar-refractivity contribution in [1.29, 1.82) is 0 Å². The van der Waals surface area contributed by atoms with E-state index in [1.165, 1.54) is 11.3 Å². The Balaban J connectivity index is 2.40. The summed E-state index contributed by atoms with van der Waals surface area (Å²) < 4.78 is 26.2. The van der Waals surface area contributed by atoms with Crippen LogP contribution in [-0.4, -0.2) is 36.1 Å². The van der Waals surface area contributed by atoms with E-state index in [0.29, 0.717) is 12.0 Å². The van der Waals surface area contributed by atoms with Crippen molar-refractivity contribution in [2.24, 2.45) is 5.41 Å². The first-order valence-electron chi connectivity index (χ1n) is 6.40. The van der Waals surface area contributed by atoms with Gasteiger partial charge in [-0.1, -0.05) is 20.8 Å². The van der Waals surface area contributed by atoms with Gasteiger partial charge in [-0.05, 0) is 28.8 Å². The van der Waals surface area contributed by atoms with Gasteiger partial charge in [-0.2, -0.15) is 4.31 Å². The lowest BCUT2D eigenvalue weighted by Gasteiger charge is -2.34. The molecule has 0 spiro atoms. The average Bonchev–Trinajstić information content (AvgIpc) is 2.71. The number of nitrogens with zero attached hydrogens (tertiary/aromatic N) is 1. The van der Waals surface area contributed by atoms with E-state index in [9.17, 15) is 18.3 Å². The standard InChI is InChI=1S/C13H19NO4S2/c1-13(2,3)8-20(17,18)14-6-4-10-9(5-7-19-10)11(14)12(15)16/h5,7,11H,4,6,8H2,1-3H3,(H,15,16). The molecule has 1 unspecified atom stereocenters. The van der Waals surface area contributed by atoms with Crippen molar-refractivity contribution in [2.75, 3.05) is 12.3 Å². The van der Waals surface area contributed by atoms with Gasteiger partial charge < -0.3 is 5.11 Å². The summed E-state index contributed by atoms with van der Waals surface area (Å²) in [6.07, 6.45) is 0.583. The van der Waals surface area contributed by atoms with Crippen LogP contribution in [0.2, 0.25) is 0 Å². The predicted octanol–water partition coefficient (Wildman–Crippen LogP) is 2.11. The van der Waals surface area contributed by atoms with E-state index >= 15 is 0 Å². The highest BCUT2D eigenvalue weighted by Crippen LogP contribution is 2.36. The van der Waals surface area contributed by atoms with Crippen molar-refractivity contribution in [3.63, 3.8) is 0 Å².